The van der Waals surface area contributed by atoms with E-state index in [1.54, 1.807) is 0 Å². The van der Waals surface area contributed by atoms with Crippen molar-refractivity contribution in [2.75, 3.05) is 32.8 Å². The van der Waals surface area contributed by atoms with E-state index in [1.807, 2.05) is 4.90 Å². The summed E-state index contributed by atoms with van der Waals surface area (Å²) in [5, 5.41) is 0. The van der Waals surface area contributed by atoms with E-state index in [0.29, 0.717) is 38.8 Å². The summed E-state index contributed by atoms with van der Waals surface area (Å²) < 4.78 is 5.38. The molecule has 0 aromatic carbocycles. The van der Waals surface area contributed by atoms with Gasteiger partial charge in [0.2, 0.25) is 11.8 Å². The fraction of sp³-hybridized carbons (Fsp3) is 0.800. The van der Waals surface area contributed by atoms with Crippen LogP contribution in [0.15, 0.2) is 12.2 Å². The Balaban J connectivity index is 1.51. The number of fused-ring (bicyclic) bond motifs is 1. The number of ether oxygens (including phenoxy) is 1. The van der Waals surface area contributed by atoms with Crippen molar-refractivity contribution < 1.29 is 14.3 Å². The maximum absolute atomic E-state index is 13.4. The molecule has 138 valence electrons. The largest absolute Gasteiger partial charge is 0.378 e. The lowest BCUT2D eigenvalue weighted by Crippen LogP contribution is -2.56. The SMILES string of the molecule is O=C(C1CC=CC2CCN(C3CCCCC3)C(=O)C21)N1CCOCC1. The molecule has 0 aromatic rings. The predicted octanol–water partition coefficient (Wildman–Crippen LogP) is 2.22. The molecule has 3 unspecified atom stereocenters. The number of morpholine rings is 1. The first-order chi connectivity index (χ1) is 12.3. The van der Waals surface area contributed by atoms with E-state index in [1.165, 1.54) is 19.3 Å². The van der Waals surface area contributed by atoms with Crippen molar-refractivity contribution in [3.8, 4) is 0 Å². The van der Waals surface area contributed by atoms with E-state index in [9.17, 15) is 9.59 Å². The van der Waals surface area contributed by atoms with Gasteiger partial charge in [0.1, 0.15) is 0 Å². The first-order valence-electron chi connectivity index (χ1n) is 10.1. The van der Waals surface area contributed by atoms with Crippen LogP contribution in [0.2, 0.25) is 0 Å². The molecule has 5 heteroatoms. The van der Waals surface area contributed by atoms with Gasteiger partial charge in [-0.15, -0.1) is 0 Å². The number of hydrogen-bond donors (Lipinski definition) is 0. The average molecular weight is 346 g/mol. The van der Waals surface area contributed by atoms with Crippen LogP contribution >= 0.6 is 0 Å². The van der Waals surface area contributed by atoms with Gasteiger partial charge < -0.3 is 14.5 Å². The van der Waals surface area contributed by atoms with Crippen molar-refractivity contribution in [1.82, 2.24) is 9.80 Å². The first-order valence-corrected chi connectivity index (χ1v) is 10.1. The van der Waals surface area contributed by atoms with Gasteiger partial charge in [0.15, 0.2) is 0 Å². The number of rotatable bonds is 2. The van der Waals surface area contributed by atoms with Crippen molar-refractivity contribution in [3.05, 3.63) is 12.2 Å². The Labute approximate surface area is 150 Å². The second-order valence-electron chi connectivity index (χ2n) is 8.01. The summed E-state index contributed by atoms with van der Waals surface area (Å²) >= 11 is 0. The summed E-state index contributed by atoms with van der Waals surface area (Å²) in [7, 11) is 0. The Morgan fingerprint density at radius 1 is 1.04 bits per heavy atom. The van der Waals surface area contributed by atoms with Crippen LogP contribution in [0, 0.1) is 17.8 Å². The summed E-state index contributed by atoms with van der Waals surface area (Å²) in [4.78, 5) is 30.5. The third kappa shape index (κ3) is 3.35. The standard InChI is InChI=1S/C20H30N2O3/c23-19(21-11-13-25-14-12-21)17-8-4-5-15-9-10-22(20(24)18(15)17)16-6-2-1-3-7-16/h4-5,15-18H,1-3,6-14H2. The molecule has 2 aliphatic heterocycles. The second-order valence-corrected chi connectivity index (χ2v) is 8.01. The Bertz CT molecular complexity index is 535. The van der Waals surface area contributed by atoms with Gasteiger partial charge in [0.05, 0.1) is 25.0 Å². The average Bonchev–Trinajstić information content (AvgIpc) is 2.68. The van der Waals surface area contributed by atoms with Crippen molar-refractivity contribution in [1.29, 1.82) is 0 Å². The number of hydrogen-bond acceptors (Lipinski definition) is 3. The molecule has 2 aliphatic carbocycles. The quantitative estimate of drug-likeness (QED) is 0.721. The maximum atomic E-state index is 13.4. The van der Waals surface area contributed by atoms with Crippen molar-refractivity contribution in [2.45, 2.75) is 51.0 Å². The van der Waals surface area contributed by atoms with Gasteiger partial charge in [-0.2, -0.15) is 0 Å². The van der Waals surface area contributed by atoms with E-state index >= 15 is 0 Å². The molecule has 0 spiro atoms. The highest BCUT2D eigenvalue weighted by atomic mass is 16.5. The lowest BCUT2D eigenvalue weighted by atomic mass is 9.70. The zero-order valence-corrected chi connectivity index (χ0v) is 15.1. The normalized spacial score (nSPS) is 34.1. The van der Waals surface area contributed by atoms with Gasteiger partial charge in [0.25, 0.3) is 0 Å². The lowest BCUT2D eigenvalue weighted by molar-refractivity contribution is -0.155. The highest BCUT2D eigenvalue weighted by Gasteiger charge is 2.47. The zero-order chi connectivity index (χ0) is 17.2. The van der Waals surface area contributed by atoms with Crippen LogP contribution in [-0.2, 0) is 14.3 Å². The minimum atomic E-state index is -0.174. The summed E-state index contributed by atoms with van der Waals surface area (Å²) in [5.41, 5.74) is 0. The van der Waals surface area contributed by atoms with E-state index in [2.05, 4.69) is 17.1 Å². The monoisotopic (exact) mass is 346 g/mol. The van der Waals surface area contributed by atoms with Gasteiger partial charge in [-0.3, -0.25) is 9.59 Å². The highest BCUT2D eigenvalue weighted by molar-refractivity contribution is 5.89. The third-order valence-corrected chi connectivity index (χ3v) is 6.60. The second kappa shape index (κ2) is 7.48. The molecule has 0 bridgehead atoms. The third-order valence-electron chi connectivity index (χ3n) is 6.60. The zero-order valence-electron chi connectivity index (χ0n) is 15.1. The van der Waals surface area contributed by atoms with E-state index < -0.39 is 0 Å². The minimum absolute atomic E-state index is 0.143. The smallest absolute Gasteiger partial charge is 0.227 e. The predicted molar refractivity (Wildman–Crippen MR) is 94.8 cm³/mol. The molecule has 3 fully saturated rings. The molecular weight excluding hydrogens is 316 g/mol. The molecule has 5 nitrogen and oxygen atoms in total. The number of carbonyl (C=O) groups excluding carboxylic acids is 2. The fourth-order valence-electron chi connectivity index (χ4n) is 5.21. The van der Waals surface area contributed by atoms with E-state index in [0.717, 1.165) is 25.8 Å². The molecule has 1 saturated carbocycles. The van der Waals surface area contributed by atoms with Crippen molar-refractivity contribution in [2.24, 2.45) is 17.8 Å². The number of amides is 2. The Morgan fingerprint density at radius 3 is 2.56 bits per heavy atom. The highest BCUT2D eigenvalue weighted by Crippen LogP contribution is 2.40. The number of nitrogens with zero attached hydrogens (tertiary/aromatic N) is 2. The van der Waals surface area contributed by atoms with E-state index in [4.69, 9.17) is 4.74 Å². The molecule has 0 N–H and O–H groups in total. The van der Waals surface area contributed by atoms with Crippen LogP contribution in [0.25, 0.3) is 0 Å². The Hall–Kier alpha value is -1.36. The molecule has 0 aromatic heterocycles. The van der Waals surface area contributed by atoms with Crippen LogP contribution in [0.4, 0.5) is 0 Å². The summed E-state index contributed by atoms with van der Waals surface area (Å²) in [6.07, 6.45) is 12.1. The van der Waals surface area contributed by atoms with Crippen LogP contribution in [0.5, 0.6) is 0 Å². The number of likely N-dealkylation sites (tertiary alicyclic amines) is 1. The molecule has 25 heavy (non-hydrogen) atoms. The Kier molecular flexibility index (Phi) is 5.11. The molecule has 2 amide bonds. The molecule has 3 atom stereocenters. The van der Waals surface area contributed by atoms with Gasteiger partial charge in [-0.1, -0.05) is 31.4 Å². The molecule has 4 aliphatic rings. The lowest BCUT2D eigenvalue weighted by Gasteiger charge is -2.46. The van der Waals surface area contributed by atoms with Crippen LogP contribution in [0.3, 0.4) is 0 Å². The number of piperidine rings is 1. The van der Waals surface area contributed by atoms with Gasteiger partial charge in [-0.25, -0.2) is 0 Å². The number of carbonyl (C=O) groups is 2. The summed E-state index contributed by atoms with van der Waals surface area (Å²) in [6.45, 7) is 3.43. The topological polar surface area (TPSA) is 49.9 Å². The summed E-state index contributed by atoms with van der Waals surface area (Å²) in [5.74, 6) is 0.347. The van der Waals surface area contributed by atoms with Gasteiger partial charge in [-0.05, 0) is 31.6 Å². The fourth-order valence-corrected chi connectivity index (χ4v) is 5.21. The van der Waals surface area contributed by atoms with Crippen LogP contribution in [0.1, 0.15) is 44.9 Å². The Morgan fingerprint density at radius 2 is 1.80 bits per heavy atom. The van der Waals surface area contributed by atoms with Crippen molar-refractivity contribution in [3.63, 3.8) is 0 Å². The molecule has 2 heterocycles. The van der Waals surface area contributed by atoms with Crippen LogP contribution < -0.4 is 0 Å². The van der Waals surface area contributed by atoms with E-state index in [-0.39, 0.29) is 29.6 Å². The van der Waals surface area contributed by atoms with Crippen molar-refractivity contribution >= 4 is 11.8 Å². The molecule has 0 radical (unpaired) electrons. The molecule has 4 rings (SSSR count). The van der Waals surface area contributed by atoms with Gasteiger partial charge >= 0.3 is 0 Å². The maximum Gasteiger partial charge on any atom is 0.227 e. The minimum Gasteiger partial charge on any atom is -0.378 e. The number of allylic oxidation sites excluding steroid dienone is 2. The first kappa shape index (κ1) is 17.1. The molecular formula is C20H30N2O3. The molecule has 2 saturated heterocycles. The van der Waals surface area contributed by atoms with Crippen LogP contribution in [-0.4, -0.2) is 60.5 Å². The van der Waals surface area contributed by atoms with Gasteiger partial charge in [0, 0.05) is 25.7 Å². The summed E-state index contributed by atoms with van der Waals surface area (Å²) in [6, 6.07) is 0.409.